The van der Waals surface area contributed by atoms with Gasteiger partial charge in [-0.1, -0.05) is 38.1 Å². The Morgan fingerprint density at radius 2 is 1.45 bits per heavy atom. The average molecular weight is 417 g/mol. The van der Waals surface area contributed by atoms with Crippen molar-refractivity contribution in [3.63, 3.8) is 0 Å². The van der Waals surface area contributed by atoms with Crippen LogP contribution in [0.15, 0.2) is 72.8 Å². The average Bonchev–Trinajstić information content (AvgIpc) is 3.16. The van der Waals surface area contributed by atoms with Gasteiger partial charge in [0.1, 0.15) is 36.3 Å². The Kier molecular flexibility index (Phi) is 6.41. The van der Waals surface area contributed by atoms with E-state index in [4.69, 9.17) is 19.2 Å². The number of fused-ring (bicyclic) bond motifs is 1. The summed E-state index contributed by atoms with van der Waals surface area (Å²) in [6.45, 7) is 6.00. The molecular weight excluding hydrogens is 388 g/mol. The molecule has 0 aliphatic carbocycles. The monoisotopic (exact) mass is 416 g/mol. The summed E-state index contributed by atoms with van der Waals surface area (Å²) in [6, 6.07) is 24.0. The van der Waals surface area contributed by atoms with Gasteiger partial charge in [0.05, 0.1) is 24.7 Å². The molecule has 0 fully saturated rings. The summed E-state index contributed by atoms with van der Waals surface area (Å²) in [5.74, 6) is 3.85. The van der Waals surface area contributed by atoms with Crippen LogP contribution in [0, 0.1) is 0 Å². The maximum Gasteiger partial charge on any atom is 0.148 e. The van der Waals surface area contributed by atoms with Gasteiger partial charge in [0.2, 0.25) is 0 Å². The second kappa shape index (κ2) is 9.56. The van der Waals surface area contributed by atoms with Gasteiger partial charge in [-0.05, 0) is 60.0 Å². The molecule has 0 bridgehead atoms. The van der Waals surface area contributed by atoms with Crippen LogP contribution in [0.4, 0.5) is 0 Å². The first-order valence-electron chi connectivity index (χ1n) is 10.6. The molecule has 1 aromatic heterocycles. The van der Waals surface area contributed by atoms with Crippen LogP contribution in [0.25, 0.3) is 11.0 Å². The Hall–Kier alpha value is -3.47. The molecule has 4 aromatic rings. The van der Waals surface area contributed by atoms with E-state index in [1.807, 2.05) is 54.6 Å². The predicted octanol–water partition coefficient (Wildman–Crippen LogP) is 5.83. The van der Waals surface area contributed by atoms with Crippen LogP contribution >= 0.6 is 0 Å². The van der Waals surface area contributed by atoms with E-state index in [0.717, 1.165) is 34.1 Å². The first-order valence-corrected chi connectivity index (χ1v) is 10.6. The molecule has 3 aromatic carbocycles. The zero-order valence-corrected chi connectivity index (χ0v) is 18.2. The molecule has 0 spiro atoms. The number of nitrogens with zero attached hydrogens (tertiary/aromatic N) is 2. The van der Waals surface area contributed by atoms with Crippen molar-refractivity contribution in [1.82, 2.24) is 9.55 Å². The van der Waals surface area contributed by atoms with Crippen LogP contribution in [0.2, 0.25) is 0 Å². The van der Waals surface area contributed by atoms with Crippen molar-refractivity contribution in [2.24, 2.45) is 0 Å². The first-order chi connectivity index (χ1) is 15.1. The Morgan fingerprint density at radius 3 is 2.16 bits per heavy atom. The molecule has 1 heterocycles. The van der Waals surface area contributed by atoms with Crippen molar-refractivity contribution in [1.29, 1.82) is 0 Å². The van der Waals surface area contributed by atoms with Crippen molar-refractivity contribution < 1.29 is 14.2 Å². The number of imidazole rings is 1. The van der Waals surface area contributed by atoms with E-state index in [-0.39, 0.29) is 0 Å². The molecule has 31 heavy (non-hydrogen) atoms. The van der Waals surface area contributed by atoms with E-state index in [1.54, 1.807) is 7.11 Å². The zero-order valence-electron chi connectivity index (χ0n) is 18.2. The van der Waals surface area contributed by atoms with E-state index in [1.165, 1.54) is 5.56 Å². The molecule has 0 unspecified atom stereocenters. The van der Waals surface area contributed by atoms with Gasteiger partial charge in [-0.3, -0.25) is 0 Å². The van der Waals surface area contributed by atoms with E-state index < -0.39 is 0 Å². The van der Waals surface area contributed by atoms with Gasteiger partial charge >= 0.3 is 0 Å². The molecule has 5 heteroatoms. The van der Waals surface area contributed by atoms with Crippen molar-refractivity contribution in [2.75, 3.05) is 13.7 Å². The Labute approximate surface area is 183 Å². The van der Waals surface area contributed by atoms with Gasteiger partial charge < -0.3 is 18.8 Å². The second-order valence-corrected chi connectivity index (χ2v) is 7.70. The Morgan fingerprint density at radius 1 is 0.806 bits per heavy atom. The van der Waals surface area contributed by atoms with Gasteiger partial charge in [0, 0.05) is 0 Å². The number of aromatic nitrogens is 2. The number of hydrogen-bond acceptors (Lipinski definition) is 4. The highest BCUT2D eigenvalue weighted by molar-refractivity contribution is 5.75. The lowest BCUT2D eigenvalue weighted by atomic mass is 10.0. The minimum absolute atomic E-state index is 0.379. The minimum atomic E-state index is 0.379. The van der Waals surface area contributed by atoms with Gasteiger partial charge in [-0.15, -0.1) is 0 Å². The van der Waals surface area contributed by atoms with Crippen LogP contribution in [0.5, 0.6) is 17.2 Å². The normalized spacial score (nSPS) is 11.1. The van der Waals surface area contributed by atoms with Crippen molar-refractivity contribution in [3.8, 4) is 17.2 Å². The van der Waals surface area contributed by atoms with E-state index in [0.29, 0.717) is 25.7 Å². The largest absolute Gasteiger partial charge is 0.497 e. The fraction of sp³-hybridized carbons (Fsp3) is 0.269. The lowest BCUT2D eigenvalue weighted by molar-refractivity contribution is 0.272. The summed E-state index contributed by atoms with van der Waals surface area (Å²) in [6.07, 6.45) is 0. The summed E-state index contributed by atoms with van der Waals surface area (Å²) >= 11 is 0. The molecule has 0 amide bonds. The maximum atomic E-state index is 6.00. The number of rotatable bonds is 9. The van der Waals surface area contributed by atoms with Crippen LogP contribution in [0.3, 0.4) is 0 Å². The summed E-state index contributed by atoms with van der Waals surface area (Å²) in [4.78, 5) is 4.78. The van der Waals surface area contributed by atoms with E-state index in [9.17, 15) is 0 Å². The third-order valence-electron chi connectivity index (χ3n) is 5.29. The number of methoxy groups -OCH3 is 1. The number of ether oxygens (including phenoxy) is 3. The van der Waals surface area contributed by atoms with Gasteiger partial charge in [0.15, 0.2) is 0 Å². The molecular formula is C26H28N2O3. The molecule has 0 N–H and O–H groups in total. The number of benzene rings is 3. The SMILES string of the molecule is COc1ccc(OCc2nc3ccccc3n2CCOc2ccc(C(C)C)cc2)cc1. The van der Waals surface area contributed by atoms with Crippen molar-refractivity contribution >= 4 is 11.0 Å². The third kappa shape index (κ3) is 5.00. The molecule has 0 aliphatic rings. The van der Waals surface area contributed by atoms with Crippen LogP contribution in [-0.2, 0) is 13.2 Å². The van der Waals surface area contributed by atoms with Crippen LogP contribution < -0.4 is 14.2 Å². The summed E-state index contributed by atoms with van der Waals surface area (Å²) in [5, 5.41) is 0. The van der Waals surface area contributed by atoms with Gasteiger partial charge in [0.25, 0.3) is 0 Å². The van der Waals surface area contributed by atoms with Crippen LogP contribution in [0.1, 0.15) is 31.2 Å². The number of hydrogen-bond donors (Lipinski definition) is 0. The Balaban J connectivity index is 1.45. The fourth-order valence-electron chi connectivity index (χ4n) is 3.51. The van der Waals surface area contributed by atoms with E-state index in [2.05, 4.69) is 36.6 Å². The molecule has 0 saturated heterocycles. The van der Waals surface area contributed by atoms with E-state index >= 15 is 0 Å². The topological polar surface area (TPSA) is 45.5 Å². The highest BCUT2D eigenvalue weighted by Gasteiger charge is 2.11. The third-order valence-corrected chi connectivity index (χ3v) is 5.29. The standard InChI is InChI=1S/C26H28N2O3/c1-19(2)20-8-10-22(11-9-20)30-17-16-28-25-7-5-4-6-24(25)27-26(28)18-31-23-14-12-21(29-3)13-15-23/h4-15,19H,16-18H2,1-3H3. The molecule has 4 rings (SSSR count). The molecule has 0 aliphatic heterocycles. The van der Waals surface area contributed by atoms with Gasteiger partial charge in [-0.25, -0.2) is 4.98 Å². The first kappa shape index (κ1) is 20.8. The molecule has 0 radical (unpaired) electrons. The lowest BCUT2D eigenvalue weighted by Crippen LogP contribution is -2.13. The molecule has 0 saturated carbocycles. The fourth-order valence-corrected chi connectivity index (χ4v) is 3.51. The summed E-state index contributed by atoms with van der Waals surface area (Å²) < 4.78 is 19.4. The zero-order chi connectivity index (χ0) is 21.6. The van der Waals surface area contributed by atoms with Gasteiger partial charge in [-0.2, -0.15) is 0 Å². The highest BCUT2D eigenvalue weighted by Crippen LogP contribution is 2.22. The smallest absolute Gasteiger partial charge is 0.148 e. The second-order valence-electron chi connectivity index (χ2n) is 7.70. The molecule has 160 valence electrons. The van der Waals surface area contributed by atoms with Crippen molar-refractivity contribution in [3.05, 3.63) is 84.2 Å². The maximum absolute atomic E-state index is 6.00. The predicted molar refractivity (Wildman–Crippen MR) is 123 cm³/mol. The molecule has 5 nitrogen and oxygen atoms in total. The quantitative estimate of drug-likeness (QED) is 0.345. The van der Waals surface area contributed by atoms with Crippen molar-refractivity contribution in [2.45, 2.75) is 32.9 Å². The minimum Gasteiger partial charge on any atom is -0.497 e. The summed E-state index contributed by atoms with van der Waals surface area (Å²) in [5.41, 5.74) is 3.35. The highest BCUT2D eigenvalue weighted by atomic mass is 16.5. The molecule has 0 atom stereocenters. The lowest BCUT2D eigenvalue weighted by Gasteiger charge is -2.12. The van der Waals surface area contributed by atoms with Crippen LogP contribution in [-0.4, -0.2) is 23.3 Å². The summed E-state index contributed by atoms with van der Waals surface area (Å²) in [7, 11) is 1.65. The number of para-hydroxylation sites is 2. The Bertz CT molecular complexity index is 1120.